The van der Waals surface area contributed by atoms with E-state index in [1.165, 1.54) is 27.7 Å². The summed E-state index contributed by atoms with van der Waals surface area (Å²) in [4.78, 5) is 7.13. The van der Waals surface area contributed by atoms with Crippen molar-refractivity contribution >= 4 is 28.2 Å². The number of fused-ring (bicyclic) bond motifs is 1. The van der Waals surface area contributed by atoms with E-state index < -0.39 is 0 Å². The van der Waals surface area contributed by atoms with E-state index in [9.17, 15) is 4.39 Å². The van der Waals surface area contributed by atoms with E-state index in [2.05, 4.69) is 46.5 Å². The predicted molar refractivity (Wildman–Crippen MR) is 114 cm³/mol. The summed E-state index contributed by atoms with van der Waals surface area (Å²) in [6, 6.07) is 13.7. The number of hydrogen-bond acceptors (Lipinski definition) is 2. The molecule has 4 rings (SSSR count). The van der Waals surface area contributed by atoms with Crippen molar-refractivity contribution in [2.45, 2.75) is 24.2 Å². The average Bonchev–Trinajstić information content (AvgIpc) is 3.10. The lowest BCUT2D eigenvalue weighted by atomic mass is 9.99. The maximum absolute atomic E-state index is 13.5. The van der Waals surface area contributed by atoms with Crippen molar-refractivity contribution in [3.63, 3.8) is 0 Å². The van der Waals surface area contributed by atoms with Crippen molar-refractivity contribution < 1.29 is 4.39 Å². The summed E-state index contributed by atoms with van der Waals surface area (Å²) in [7, 11) is 0. The van der Waals surface area contributed by atoms with Crippen LogP contribution in [0.25, 0.3) is 16.5 Å². The zero-order valence-corrected chi connectivity index (χ0v) is 16.5. The number of rotatable bonds is 6. The van der Waals surface area contributed by atoms with Crippen LogP contribution in [-0.4, -0.2) is 35.8 Å². The minimum atomic E-state index is -0.164. The first-order valence-corrected chi connectivity index (χ1v) is 10.8. The highest BCUT2D eigenvalue weighted by molar-refractivity contribution is 7.98. The average molecular weight is 381 g/mol. The molecular weight excluding hydrogens is 355 g/mol. The molecule has 0 saturated carbocycles. The Morgan fingerprint density at radius 1 is 1.19 bits per heavy atom. The molecule has 0 aliphatic carbocycles. The standard InChI is InChI=1S/C23H25FN2S/c1-27-23-7-3-2-6-20(23)17-10-13-26(14-11-17)12-4-5-18-16-25-22-9-8-19(24)15-21(18)22/h2-3,6-10,15-16,25H,4-5,11-14H2,1H3. The quantitative estimate of drug-likeness (QED) is 0.549. The number of aromatic amines is 1. The molecule has 2 aromatic carbocycles. The summed E-state index contributed by atoms with van der Waals surface area (Å²) in [5, 5.41) is 1.02. The van der Waals surface area contributed by atoms with Gasteiger partial charge in [0.1, 0.15) is 5.82 Å². The number of benzene rings is 2. The van der Waals surface area contributed by atoms with Crippen LogP contribution in [0, 0.1) is 5.82 Å². The Bertz CT molecular complexity index is 960. The van der Waals surface area contributed by atoms with Gasteiger partial charge in [-0.05, 0) is 73.0 Å². The SMILES string of the molecule is CSc1ccccc1C1=CCN(CCCc2c[nH]c3ccc(F)cc23)CC1. The van der Waals surface area contributed by atoms with Gasteiger partial charge < -0.3 is 4.98 Å². The fraction of sp³-hybridized carbons (Fsp3) is 0.304. The third-order valence-corrected chi connectivity index (χ3v) is 6.19. The second kappa shape index (κ2) is 8.32. The van der Waals surface area contributed by atoms with E-state index in [0.717, 1.165) is 49.8 Å². The van der Waals surface area contributed by atoms with E-state index in [1.807, 2.05) is 24.0 Å². The predicted octanol–water partition coefficient (Wildman–Crippen LogP) is 5.75. The molecule has 140 valence electrons. The third kappa shape index (κ3) is 4.12. The van der Waals surface area contributed by atoms with Crippen LogP contribution in [-0.2, 0) is 6.42 Å². The van der Waals surface area contributed by atoms with Gasteiger partial charge in [-0.1, -0.05) is 24.3 Å². The Kier molecular flexibility index (Phi) is 5.65. The van der Waals surface area contributed by atoms with Gasteiger partial charge in [-0.2, -0.15) is 0 Å². The molecule has 0 saturated heterocycles. The fourth-order valence-corrected chi connectivity index (χ4v) is 4.55. The maximum atomic E-state index is 13.5. The van der Waals surface area contributed by atoms with Crippen LogP contribution in [0.15, 0.2) is 59.6 Å². The molecule has 0 bridgehead atoms. The Morgan fingerprint density at radius 3 is 2.89 bits per heavy atom. The van der Waals surface area contributed by atoms with Crippen LogP contribution < -0.4 is 0 Å². The molecule has 0 atom stereocenters. The molecule has 2 nitrogen and oxygen atoms in total. The van der Waals surface area contributed by atoms with Crippen molar-refractivity contribution in [2.24, 2.45) is 0 Å². The number of thioether (sulfide) groups is 1. The molecule has 0 unspecified atom stereocenters. The molecule has 1 aliphatic heterocycles. The van der Waals surface area contributed by atoms with E-state index in [0.29, 0.717) is 0 Å². The number of aryl methyl sites for hydroxylation is 1. The van der Waals surface area contributed by atoms with E-state index in [4.69, 9.17) is 0 Å². The number of nitrogens with one attached hydrogen (secondary N) is 1. The normalized spacial score (nSPS) is 15.3. The van der Waals surface area contributed by atoms with Gasteiger partial charge in [0.15, 0.2) is 0 Å². The summed E-state index contributed by atoms with van der Waals surface area (Å²) >= 11 is 1.82. The summed E-state index contributed by atoms with van der Waals surface area (Å²) in [6.07, 6.45) is 9.73. The largest absolute Gasteiger partial charge is 0.361 e. The molecule has 0 fully saturated rings. The van der Waals surface area contributed by atoms with Crippen molar-refractivity contribution in [1.82, 2.24) is 9.88 Å². The first-order valence-electron chi connectivity index (χ1n) is 9.55. The van der Waals surface area contributed by atoms with Crippen LogP contribution in [0.1, 0.15) is 24.0 Å². The fourth-order valence-electron chi connectivity index (χ4n) is 3.92. The third-order valence-electron chi connectivity index (χ3n) is 5.40. The van der Waals surface area contributed by atoms with Crippen LogP contribution in [0.4, 0.5) is 4.39 Å². The van der Waals surface area contributed by atoms with E-state index >= 15 is 0 Å². The molecule has 4 heteroatoms. The van der Waals surface area contributed by atoms with Gasteiger partial charge in [0, 0.05) is 35.1 Å². The van der Waals surface area contributed by atoms with Gasteiger partial charge in [0.05, 0.1) is 0 Å². The van der Waals surface area contributed by atoms with Crippen LogP contribution in [0.3, 0.4) is 0 Å². The molecular formula is C23H25FN2S. The number of nitrogens with zero attached hydrogens (tertiary/aromatic N) is 1. The number of H-pyrrole nitrogens is 1. The molecule has 27 heavy (non-hydrogen) atoms. The van der Waals surface area contributed by atoms with Crippen molar-refractivity contribution in [3.05, 3.63) is 71.7 Å². The van der Waals surface area contributed by atoms with Crippen LogP contribution in [0.5, 0.6) is 0 Å². The zero-order chi connectivity index (χ0) is 18.6. The second-order valence-electron chi connectivity index (χ2n) is 7.09. The molecule has 3 aromatic rings. The Balaban J connectivity index is 1.34. The Labute approximate surface area is 164 Å². The molecule has 0 spiro atoms. The topological polar surface area (TPSA) is 19.0 Å². The molecule has 1 aromatic heterocycles. The second-order valence-corrected chi connectivity index (χ2v) is 7.94. The molecule has 1 N–H and O–H groups in total. The molecule has 1 aliphatic rings. The van der Waals surface area contributed by atoms with E-state index in [1.54, 1.807) is 6.07 Å². The summed E-state index contributed by atoms with van der Waals surface area (Å²) in [5.74, 6) is -0.164. The molecule has 2 heterocycles. The maximum Gasteiger partial charge on any atom is 0.123 e. The monoisotopic (exact) mass is 380 g/mol. The first kappa shape index (κ1) is 18.3. The summed E-state index contributed by atoms with van der Waals surface area (Å²) < 4.78 is 13.5. The molecule has 0 amide bonds. The lowest BCUT2D eigenvalue weighted by Crippen LogP contribution is -2.29. The highest BCUT2D eigenvalue weighted by Gasteiger charge is 2.15. The van der Waals surface area contributed by atoms with Gasteiger partial charge >= 0.3 is 0 Å². The summed E-state index contributed by atoms with van der Waals surface area (Å²) in [6.45, 7) is 3.20. The molecule has 0 radical (unpaired) electrons. The van der Waals surface area contributed by atoms with Crippen molar-refractivity contribution in [3.8, 4) is 0 Å². The van der Waals surface area contributed by atoms with Gasteiger partial charge in [0.2, 0.25) is 0 Å². The van der Waals surface area contributed by atoms with Gasteiger partial charge in [-0.3, -0.25) is 4.90 Å². The first-order chi connectivity index (χ1) is 13.2. The number of hydrogen-bond donors (Lipinski definition) is 1. The van der Waals surface area contributed by atoms with Gasteiger partial charge in [0.25, 0.3) is 0 Å². The zero-order valence-electron chi connectivity index (χ0n) is 15.7. The minimum absolute atomic E-state index is 0.164. The van der Waals surface area contributed by atoms with Gasteiger partial charge in [-0.15, -0.1) is 11.8 Å². The van der Waals surface area contributed by atoms with E-state index in [-0.39, 0.29) is 5.82 Å². The number of aromatic nitrogens is 1. The van der Waals surface area contributed by atoms with Gasteiger partial charge in [-0.25, -0.2) is 4.39 Å². The summed E-state index contributed by atoms with van der Waals surface area (Å²) in [5.41, 5.74) is 5.10. The van der Waals surface area contributed by atoms with Crippen molar-refractivity contribution in [2.75, 3.05) is 25.9 Å². The smallest absolute Gasteiger partial charge is 0.123 e. The Morgan fingerprint density at radius 2 is 2.07 bits per heavy atom. The van der Waals surface area contributed by atoms with Crippen LogP contribution >= 0.6 is 11.8 Å². The minimum Gasteiger partial charge on any atom is -0.361 e. The van der Waals surface area contributed by atoms with Crippen LogP contribution in [0.2, 0.25) is 0 Å². The lowest BCUT2D eigenvalue weighted by molar-refractivity contribution is 0.298. The van der Waals surface area contributed by atoms with Crippen molar-refractivity contribution in [1.29, 1.82) is 0 Å². The highest BCUT2D eigenvalue weighted by Crippen LogP contribution is 2.30. The Hall–Kier alpha value is -2.04. The highest BCUT2D eigenvalue weighted by atomic mass is 32.2. The lowest BCUT2D eigenvalue weighted by Gasteiger charge is -2.27. The number of halogens is 1.